The minimum absolute atomic E-state index is 0.268. The maximum atomic E-state index is 12.4. The number of rotatable bonds is 5. The molecule has 34 heavy (non-hydrogen) atoms. The Morgan fingerprint density at radius 1 is 1.06 bits per heavy atom. The lowest BCUT2D eigenvalue weighted by atomic mass is 9.81. The number of benzene rings is 2. The highest BCUT2D eigenvalue weighted by Gasteiger charge is 2.29. The van der Waals surface area contributed by atoms with E-state index >= 15 is 0 Å². The van der Waals surface area contributed by atoms with E-state index in [0.29, 0.717) is 11.5 Å². The van der Waals surface area contributed by atoms with Gasteiger partial charge in [-0.15, -0.1) is 0 Å². The van der Waals surface area contributed by atoms with Gasteiger partial charge in [0.2, 0.25) is 0 Å². The molecule has 1 aliphatic carbocycles. The van der Waals surface area contributed by atoms with E-state index in [1.165, 1.54) is 72.5 Å². The van der Waals surface area contributed by atoms with E-state index in [1.54, 1.807) is 0 Å². The van der Waals surface area contributed by atoms with Gasteiger partial charge in [-0.3, -0.25) is 4.90 Å². The first-order valence-electron chi connectivity index (χ1n) is 12.8. The molecule has 5 nitrogen and oxygen atoms in total. The largest absolute Gasteiger partial charge is 0.465 e. The lowest BCUT2D eigenvalue weighted by molar-refractivity contribution is 0.0601. The molecule has 2 heterocycles. The van der Waals surface area contributed by atoms with Gasteiger partial charge in [0, 0.05) is 49.2 Å². The van der Waals surface area contributed by atoms with Crippen molar-refractivity contribution in [1.82, 2.24) is 14.4 Å². The Kier molecular flexibility index (Phi) is 6.75. The Balaban J connectivity index is 1.71. The van der Waals surface area contributed by atoms with Crippen LogP contribution in [-0.2, 0) is 17.8 Å². The molecule has 1 aliphatic heterocycles. The van der Waals surface area contributed by atoms with Crippen LogP contribution < -0.4 is 0 Å². The fourth-order valence-electron chi connectivity index (χ4n) is 5.93. The standard InChI is InChI=1S/C29H37N3O2/c1-30(2)15-16-31-17-18-32-26-19-22(29(33)34-3)13-14-25(26)27(21-9-5-4-6-10-21)28(32)24-12-8-7-11-23(24)20-31/h7-8,11-14,19,21H,4-6,9-10,15-18,20H2,1-3H3. The van der Waals surface area contributed by atoms with Crippen LogP contribution in [0.25, 0.3) is 22.2 Å². The van der Waals surface area contributed by atoms with Crippen LogP contribution in [0.15, 0.2) is 42.5 Å². The van der Waals surface area contributed by atoms with Crippen molar-refractivity contribution in [3.63, 3.8) is 0 Å². The number of carbonyl (C=O) groups excluding carboxylic acids is 1. The summed E-state index contributed by atoms with van der Waals surface area (Å²) < 4.78 is 7.57. The lowest BCUT2D eigenvalue weighted by Crippen LogP contribution is -2.35. The fourth-order valence-corrected chi connectivity index (χ4v) is 5.93. The first kappa shape index (κ1) is 23.1. The molecule has 0 saturated heterocycles. The summed E-state index contributed by atoms with van der Waals surface area (Å²) in [5.41, 5.74) is 7.43. The monoisotopic (exact) mass is 459 g/mol. The van der Waals surface area contributed by atoms with E-state index in [0.717, 1.165) is 32.7 Å². The number of methoxy groups -OCH3 is 1. The van der Waals surface area contributed by atoms with Gasteiger partial charge in [0.1, 0.15) is 0 Å². The number of carbonyl (C=O) groups is 1. The third-order valence-electron chi connectivity index (χ3n) is 7.71. The van der Waals surface area contributed by atoms with Gasteiger partial charge in [-0.2, -0.15) is 0 Å². The number of ether oxygens (including phenoxy) is 1. The van der Waals surface area contributed by atoms with Crippen LogP contribution in [0, 0.1) is 0 Å². The molecule has 0 N–H and O–H groups in total. The third kappa shape index (κ3) is 4.39. The molecule has 1 saturated carbocycles. The van der Waals surface area contributed by atoms with Gasteiger partial charge < -0.3 is 14.2 Å². The third-order valence-corrected chi connectivity index (χ3v) is 7.71. The van der Waals surface area contributed by atoms with Crippen molar-refractivity contribution in [1.29, 1.82) is 0 Å². The zero-order valence-electron chi connectivity index (χ0n) is 20.8. The molecule has 2 aliphatic rings. The van der Waals surface area contributed by atoms with Gasteiger partial charge in [0.05, 0.1) is 18.4 Å². The Hall–Kier alpha value is -2.63. The summed E-state index contributed by atoms with van der Waals surface area (Å²) in [5, 5.41) is 1.31. The van der Waals surface area contributed by atoms with E-state index in [1.807, 2.05) is 6.07 Å². The second kappa shape index (κ2) is 9.93. The summed E-state index contributed by atoms with van der Waals surface area (Å²) in [4.78, 5) is 17.2. The second-order valence-corrected chi connectivity index (χ2v) is 10.2. The molecule has 0 unspecified atom stereocenters. The van der Waals surface area contributed by atoms with Crippen molar-refractivity contribution in [2.75, 3.05) is 40.8 Å². The quantitative estimate of drug-likeness (QED) is 0.471. The Morgan fingerprint density at radius 2 is 1.85 bits per heavy atom. The molecule has 2 aromatic carbocycles. The predicted molar refractivity (Wildman–Crippen MR) is 138 cm³/mol. The van der Waals surface area contributed by atoms with Crippen LogP contribution in [0.1, 0.15) is 59.5 Å². The summed E-state index contributed by atoms with van der Waals surface area (Å²) in [6.45, 7) is 4.97. The molecule has 0 bridgehead atoms. The summed E-state index contributed by atoms with van der Waals surface area (Å²) in [7, 11) is 5.74. The Bertz CT molecular complexity index is 1170. The maximum Gasteiger partial charge on any atom is 0.337 e. The number of hydrogen-bond donors (Lipinski definition) is 0. The Labute approximate surface area is 203 Å². The molecule has 180 valence electrons. The molecule has 0 atom stereocenters. The van der Waals surface area contributed by atoms with Crippen LogP contribution in [0.3, 0.4) is 0 Å². The highest BCUT2D eigenvalue weighted by molar-refractivity contribution is 5.99. The van der Waals surface area contributed by atoms with Crippen molar-refractivity contribution >= 4 is 16.9 Å². The minimum Gasteiger partial charge on any atom is -0.465 e. The van der Waals surface area contributed by atoms with Crippen LogP contribution in [-0.4, -0.2) is 61.2 Å². The fraction of sp³-hybridized carbons (Fsp3) is 0.483. The van der Waals surface area contributed by atoms with Gasteiger partial charge in [0.25, 0.3) is 0 Å². The van der Waals surface area contributed by atoms with Crippen LogP contribution in [0.2, 0.25) is 0 Å². The molecule has 0 radical (unpaired) electrons. The van der Waals surface area contributed by atoms with Crippen molar-refractivity contribution < 1.29 is 9.53 Å². The normalized spacial score (nSPS) is 17.3. The van der Waals surface area contributed by atoms with Crippen molar-refractivity contribution in [2.45, 2.75) is 51.1 Å². The summed E-state index contributed by atoms with van der Waals surface area (Å²) in [6, 6.07) is 15.1. The molecule has 5 rings (SSSR count). The second-order valence-electron chi connectivity index (χ2n) is 10.2. The summed E-state index contributed by atoms with van der Waals surface area (Å²) in [5.74, 6) is 0.310. The average molecular weight is 460 g/mol. The number of nitrogens with zero attached hydrogens (tertiary/aromatic N) is 3. The smallest absolute Gasteiger partial charge is 0.337 e. The van der Waals surface area contributed by atoms with Gasteiger partial charge >= 0.3 is 5.97 Å². The number of esters is 1. The maximum absolute atomic E-state index is 12.4. The highest BCUT2D eigenvalue weighted by atomic mass is 16.5. The Morgan fingerprint density at radius 3 is 2.62 bits per heavy atom. The van der Waals surface area contributed by atoms with Crippen molar-refractivity contribution in [2.24, 2.45) is 0 Å². The van der Waals surface area contributed by atoms with Gasteiger partial charge in [-0.1, -0.05) is 49.6 Å². The minimum atomic E-state index is -0.268. The van der Waals surface area contributed by atoms with Crippen molar-refractivity contribution in [3.8, 4) is 11.3 Å². The van der Waals surface area contributed by atoms with Crippen LogP contribution in [0.5, 0.6) is 0 Å². The van der Waals surface area contributed by atoms with E-state index in [4.69, 9.17) is 4.74 Å². The summed E-state index contributed by atoms with van der Waals surface area (Å²) >= 11 is 0. The molecule has 0 amide bonds. The molecular weight excluding hydrogens is 422 g/mol. The van der Waals surface area contributed by atoms with E-state index in [9.17, 15) is 4.79 Å². The van der Waals surface area contributed by atoms with Gasteiger partial charge in [0.15, 0.2) is 0 Å². The van der Waals surface area contributed by atoms with Crippen LogP contribution >= 0.6 is 0 Å². The van der Waals surface area contributed by atoms with Gasteiger partial charge in [-0.05, 0) is 56.1 Å². The SMILES string of the molecule is COC(=O)c1ccc2c(C3CCCCC3)c3n(c2c1)CCN(CCN(C)C)Cc1ccccc1-3. The summed E-state index contributed by atoms with van der Waals surface area (Å²) in [6.07, 6.45) is 6.45. The molecule has 1 aromatic heterocycles. The van der Waals surface area contributed by atoms with Gasteiger partial charge in [-0.25, -0.2) is 4.79 Å². The predicted octanol–water partition coefficient (Wildman–Crippen LogP) is 5.52. The molecule has 0 spiro atoms. The zero-order valence-corrected chi connectivity index (χ0v) is 20.8. The highest BCUT2D eigenvalue weighted by Crippen LogP contribution is 2.45. The molecule has 3 aromatic rings. The molecular formula is C29H37N3O2. The number of likely N-dealkylation sites (N-methyl/N-ethyl adjacent to an activating group) is 1. The lowest BCUT2D eigenvalue weighted by Gasteiger charge is -2.30. The number of aromatic nitrogens is 1. The first-order chi connectivity index (χ1) is 16.6. The van der Waals surface area contributed by atoms with E-state index in [2.05, 4.69) is 64.9 Å². The number of hydrogen-bond acceptors (Lipinski definition) is 4. The van der Waals surface area contributed by atoms with E-state index < -0.39 is 0 Å². The van der Waals surface area contributed by atoms with Crippen LogP contribution in [0.4, 0.5) is 0 Å². The topological polar surface area (TPSA) is 37.7 Å². The zero-order chi connectivity index (χ0) is 23.7. The van der Waals surface area contributed by atoms with E-state index in [-0.39, 0.29) is 5.97 Å². The average Bonchev–Trinajstić information content (AvgIpc) is 3.17. The molecule has 5 heteroatoms. The first-order valence-corrected chi connectivity index (χ1v) is 12.8. The number of fused-ring (bicyclic) bond motifs is 5. The molecule has 1 fully saturated rings. The van der Waals surface area contributed by atoms with Crippen molar-refractivity contribution in [3.05, 3.63) is 59.2 Å².